The molecule has 1 N–H and O–H groups in total. The van der Waals surface area contributed by atoms with Crippen molar-refractivity contribution in [2.75, 3.05) is 18.4 Å². The largest absolute Gasteiger partial charge is 0.325 e. The fourth-order valence-electron chi connectivity index (χ4n) is 2.18. The highest BCUT2D eigenvalue weighted by Gasteiger charge is 2.27. The second-order valence-corrected chi connectivity index (χ2v) is 5.24. The fourth-order valence-corrected chi connectivity index (χ4v) is 3.14. The van der Waals surface area contributed by atoms with Gasteiger partial charge in [-0.25, -0.2) is 0 Å². The van der Waals surface area contributed by atoms with Crippen LogP contribution in [0.5, 0.6) is 0 Å². The summed E-state index contributed by atoms with van der Waals surface area (Å²) >= 11 is 1.63. The smallest absolute Gasteiger partial charge is 0.238 e. The van der Waals surface area contributed by atoms with Gasteiger partial charge in [0.15, 0.2) is 5.17 Å². The minimum atomic E-state index is -0.289. The predicted octanol–water partition coefficient (Wildman–Crippen LogP) is 2.26. The van der Waals surface area contributed by atoms with E-state index in [1.165, 1.54) is 0 Å². The first-order valence-electron chi connectivity index (χ1n) is 6.24. The Morgan fingerprint density at radius 3 is 3.30 bits per heavy atom. The first-order chi connectivity index (χ1) is 9.78. The number of thioether (sulfide) groups is 1. The van der Waals surface area contributed by atoms with Crippen molar-refractivity contribution in [3.63, 3.8) is 0 Å². The second-order valence-electron chi connectivity index (χ2n) is 4.40. The molecule has 0 unspecified atom stereocenters. The number of nitriles is 1. The summed E-state index contributed by atoms with van der Waals surface area (Å²) in [4.78, 5) is 18.0. The van der Waals surface area contributed by atoms with E-state index in [2.05, 4.69) is 20.6 Å². The number of aliphatic imine (C=N–C) groups is 1. The Kier molecular flexibility index (Phi) is 3.44. The van der Waals surface area contributed by atoms with Crippen LogP contribution in [-0.4, -0.2) is 29.1 Å². The van der Waals surface area contributed by atoms with Crippen LogP contribution in [0, 0.1) is 11.3 Å². The van der Waals surface area contributed by atoms with Crippen LogP contribution in [0.25, 0.3) is 5.70 Å². The number of benzene rings is 1. The zero-order chi connectivity index (χ0) is 13.9. The number of anilines is 1. The topological polar surface area (TPSA) is 68.5 Å². The zero-order valence-corrected chi connectivity index (χ0v) is 11.5. The molecule has 0 radical (unpaired) electrons. The first kappa shape index (κ1) is 12.8. The predicted molar refractivity (Wildman–Crippen MR) is 79.9 cm³/mol. The van der Waals surface area contributed by atoms with Gasteiger partial charge >= 0.3 is 0 Å². The summed E-state index contributed by atoms with van der Waals surface area (Å²) in [5, 5.41) is 14.3. The van der Waals surface area contributed by atoms with Crippen LogP contribution in [0.1, 0.15) is 12.0 Å². The normalized spacial score (nSPS) is 16.2. The molecule has 6 heteroatoms. The second kappa shape index (κ2) is 5.39. The summed E-state index contributed by atoms with van der Waals surface area (Å²) in [7, 11) is 0. The molecule has 2 aliphatic heterocycles. The van der Waals surface area contributed by atoms with Crippen LogP contribution in [0.4, 0.5) is 5.69 Å². The molecule has 0 spiro atoms. The third-order valence-electron chi connectivity index (χ3n) is 3.05. The molecule has 0 fully saturated rings. The van der Waals surface area contributed by atoms with E-state index in [9.17, 15) is 4.79 Å². The quantitative estimate of drug-likeness (QED) is 0.924. The summed E-state index contributed by atoms with van der Waals surface area (Å²) in [6.45, 7) is 1.73. The molecule has 0 aromatic heterocycles. The van der Waals surface area contributed by atoms with Crippen molar-refractivity contribution in [1.29, 1.82) is 5.26 Å². The highest BCUT2D eigenvalue weighted by molar-refractivity contribution is 8.16. The molecule has 0 bridgehead atoms. The van der Waals surface area contributed by atoms with Crippen LogP contribution in [0.2, 0.25) is 0 Å². The zero-order valence-electron chi connectivity index (χ0n) is 10.7. The van der Waals surface area contributed by atoms with Gasteiger partial charge < -0.3 is 10.2 Å². The lowest BCUT2D eigenvalue weighted by atomic mass is 10.1. The van der Waals surface area contributed by atoms with E-state index in [0.29, 0.717) is 5.69 Å². The molecule has 1 amide bonds. The molecule has 20 heavy (non-hydrogen) atoms. The summed E-state index contributed by atoms with van der Waals surface area (Å²) in [5.74, 6) is -0.289. The van der Waals surface area contributed by atoms with Crippen molar-refractivity contribution in [3.05, 3.63) is 35.2 Å². The van der Waals surface area contributed by atoms with Gasteiger partial charge in [0.2, 0.25) is 5.91 Å². The molecule has 0 saturated heterocycles. The highest BCUT2D eigenvalue weighted by atomic mass is 32.2. The molecule has 3 rings (SSSR count). The molecule has 0 aliphatic carbocycles. The number of amides is 1. The molecule has 1 aromatic rings. The van der Waals surface area contributed by atoms with Crippen LogP contribution in [0.15, 0.2) is 34.7 Å². The average molecular weight is 284 g/mol. The van der Waals surface area contributed by atoms with E-state index in [0.717, 1.165) is 29.5 Å². The number of amidine groups is 1. The van der Waals surface area contributed by atoms with Gasteiger partial charge in [-0.2, -0.15) is 5.26 Å². The molecule has 100 valence electrons. The van der Waals surface area contributed by atoms with Gasteiger partial charge in [-0.3, -0.25) is 9.79 Å². The third-order valence-corrected chi connectivity index (χ3v) is 3.95. The minimum Gasteiger partial charge on any atom is -0.325 e. The lowest BCUT2D eigenvalue weighted by Crippen LogP contribution is -2.20. The van der Waals surface area contributed by atoms with E-state index < -0.39 is 0 Å². The number of nitrogens with zero attached hydrogens (tertiary/aromatic N) is 3. The van der Waals surface area contributed by atoms with E-state index in [1.54, 1.807) is 11.8 Å². The summed E-state index contributed by atoms with van der Waals surface area (Å²) in [5.41, 5.74) is 2.86. The molecule has 2 heterocycles. The van der Waals surface area contributed by atoms with Gasteiger partial charge in [-0.15, -0.1) is 0 Å². The van der Waals surface area contributed by atoms with Crippen LogP contribution < -0.4 is 5.32 Å². The molecule has 2 aliphatic rings. The number of nitrogens with one attached hydrogen (secondary N) is 1. The van der Waals surface area contributed by atoms with Crippen LogP contribution in [-0.2, 0) is 4.79 Å². The Hall–Kier alpha value is -2.26. The van der Waals surface area contributed by atoms with Gasteiger partial charge in [0.1, 0.15) is 6.42 Å². The minimum absolute atomic E-state index is 0.133. The maximum absolute atomic E-state index is 11.4. The Labute approximate surface area is 121 Å². The Bertz CT molecular complexity index is 659. The van der Waals surface area contributed by atoms with E-state index in [4.69, 9.17) is 5.26 Å². The lowest BCUT2D eigenvalue weighted by molar-refractivity contribution is -0.115. The van der Waals surface area contributed by atoms with Gasteiger partial charge in [0.05, 0.1) is 18.3 Å². The van der Waals surface area contributed by atoms with Crippen LogP contribution >= 0.6 is 11.8 Å². The Morgan fingerprint density at radius 1 is 1.55 bits per heavy atom. The molecule has 5 nitrogen and oxygen atoms in total. The van der Waals surface area contributed by atoms with Gasteiger partial charge in [0.25, 0.3) is 0 Å². The summed E-state index contributed by atoms with van der Waals surface area (Å²) < 4.78 is 0. The van der Waals surface area contributed by atoms with Crippen molar-refractivity contribution in [2.24, 2.45) is 4.99 Å². The molecule has 0 saturated carbocycles. The van der Waals surface area contributed by atoms with Gasteiger partial charge in [-0.05, 0) is 12.1 Å². The third kappa shape index (κ3) is 2.40. The van der Waals surface area contributed by atoms with E-state index in [1.807, 2.05) is 30.3 Å². The Morgan fingerprint density at radius 2 is 2.45 bits per heavy atom. The number of fused-ring (bicyclic) bond motifs is 1. The lowest BCUT2D eigenvalue weighted by Gasteiger charge is -2.17. The SMILES string of the molecule is N#CCC(=O)Nc1cccc(C2=CSC3=NCCN23)c1. The molecule has 1 aromatic carbocycles. The van der Waals surface area contributed by atoms with Crippen molar-refractivity contribution in [3.8, 4) is 6.07 Å². The van der Waals surface area contributed by atoms with Crippen LogP contribution in [0.3, 0.4) is 0 Å². The maximum atomic E-state index is 11.4. The summed E-state index contributed by atoms with van der Waals surface area (Å²) in [6.07, 6.45) is -0.133. The molecular formula is C14H12N4OS. The van der Waals surface area contributed by atoms with Crippen molar-refractivity contribution in [1.82, 2.24) is 4.90 Å². The van der Waals surface area contributed by atoms with E-state index >= 15 is 0 Å². The average Bonchev–Trinajstić information content (AvgIpc) is 3.01. The van der Waals surface area contributed by atoms with Crippen molar-refractivity contribution >= 4 is 34.2 Å². The van der Waals surface area contributed by atoms with Crippen molar-refractivity contribution in [2.45, 2.75) is 6.42 Å². The molecular weight excluding hydrogens is 272 g/mol. The fraction of sp³-hybridized carbons (Fsp3) is 0.214. The standard InChI is InChI=1S/C14H12N4OS/c15-5-4-13(19)17-11-3-1-2-10(8-11)12-9-20-14-16-6-7-18(12)14/h1-3,8-9H,4,6-7H2,(H,17,19). The maximum Gasteiger partial charge on any atom is 0.238 e. The number of hydrogen-bond donors (Lipinski definition) is 1. The van der Waals surface area contributed by atoms with Gasteiger partial charge in [0, 0.05) is 23.2 Å². The number of rotatable bonds is 3. The van der Waals surface area contributed by atoms with Crippen molar-refractivity contribution < 1.29 is 4.79 Å². The monoisotopic (exact) mass is 284 g/mol. The highest BCUT2D eigenvalue weighted by Crippen LogP contribution is 2.35. The Balaban J connectivity index is 1.80. The van der Waals surface area contributed by atoms with E-state index in [-0.39, 0.29) is 12.3 Å². The number of carbonyl (C=O) groups is 1. The van der Waals surface area contributed by atoms with Gasteiger partial charge in [-0.1, -0.05) is 23.9 Å². The number of hydrogen-bond acceptors (Lipinski definition) is 5. The number of carbonyl (C=O) groups excluding carboxylic acids is 1. The first-order valence-corrected chi connectivity index (χ1v) is 7.12. The molecule has 0 atom stereocenters. The summed E-state index contributed by atoms with van der Waals surface area (Å²) in [6, 6.07) is 9.48.